The lowest BCUT2D eigenvalue weighted by Crippen LogP contribution is -2.41. The van der Waals surface area contributed by atoms with E-state index in [-0.39, 0.29) is 31.4 Å². The van der Waals surface area contributed by atoms with Crippen molar-refractivity contribution >= 4 is 24.3 Å². The summed E-state index contributed by atoms with van der Waals surface area (Å²) in [6, 6.07) is 8.85. The molecule has 1 aliphatic rings. The van der Waals surface area contributed by atoms with Gasteiger partial charge in [-0.3, -0.25) is 14.5 Å². The Kier molecular flexibility index (Phi) is 7.35. The van der Waals surface area contributed by atoms with Crippen molar-refractivity contribution in [2.75, 3.05) is 19.6 Å². The van der Waals surface area contributed by atoms with Crippen LogP contribution in [0.1, 0.15) is 24.0 Å². The highest BCUT2D eigenvalue weighted by molar-refractivity contribution is 5.85. The first-order chi connectivity index (χ1) is 10.0. The van der Waals surface area contributed by atoms with Crippen LogP contribution in [-0.2, 0) is 16.0 Å². The lowest BCUT2D eigenvalue weighted by Gasteiger charge is -2.23. The number of carbonyl (C=O) groups excluding carboxylic acids is 1. The minimum absolute atomic E-state index is 0. The van der Waals surface area contributed by atoms with Crippen molar-refractivity contribution in [1.29, 1.82) is 0 Å². The molecule has 0 aromatic heterocycles. The summed E-state index contributed by atoms with van der Waals surface area (Å²) >= 11 is 0. The third kappa shape index (κ3) is 5.66. The second-order valence-electron chi connectivity index (χ2n) is 5.63. The van der Waals surface area contributed by atoms with Crippen LogP contribution in [0.2, 0.25) is 0 Å². The molecule has 1 unspecified atom stereocenters. The van der Waals surface area contributed by atoms with Crippen LogP contribution in [-0.4, -0.2) is 47.6 Å². The number of carbonyl (C=O) groups is 2. The first-order valence-corrected chi connectivity index (χ1v) is 7.32. The number of benzene rings is 1. The summed E-state index contributed by atoms with van der Waals surface area (Å²) in [5, 5.41) is 11.0. The molecule has 0 aliphatic carbocycles. The molecule has 0 radical (unpaired) electrons. The Morgan fingerprint density at radius 2 is 2.00 bits per heavy atom. The minimum atomic E-state index is -1.01. The number of aliphatic carboxylic acids is 1. The van der Waals surface area contributed by atoms with Crippen LogP contribution in [0, 0.1) is 6.92 Å². The van der Waals surface area contributed by atoms with Gasteiger partial charge in [-0.05, 0) is 38.3 Å². The summed E-state index contributed by atoms with van der Waals surface area (Å²) < 4.78 is 0. The molecule has 5 nitrogen and oxygen atoms in total. The van der Waals surface area contributed by atoms with Crippen LogP contribution in [0.4, 0.5) is 0 Å². The van der Waals surface area contributed by atoms with E-state index in [1.807, 2.05) is 0 Å². The third-order valence-corrected chi connectivity index (χ3v) is 3.87. The van der Waals surface area contributed by atoms with Gasteiger partial charge >= 0.3 is 5.97 Å². The van der Waals surface area contributed by atoms with Crippen molar-refractivity contribution in [3.05, 3.63) is 35.4 Å². The molecular weight excluding hydrogens is 304 g/mol. The first kappa shape index (κ1) is 18.5. The van der Waals surface area contributed by atoms with Gasteiger partial charge in [-0.2, -0.15) is 0 Å². The standard InChI is InChI=1S/C16H22N2O3.ClH/c1-12-4-6-13(7-5-12)9-14-3-2-8-18(14)11-15(19)17-10-16(20)21;/h4-7,14H,2-3,8-11H2,1H3,(H,17,19)(H,20,21);1H. The molecule has 1 fully saturated rings. The van der Waals surface area contributed by atoms with Gasteiger partial charge in [0.25, 0.3) is 0 Å². The lowest BCUT2D eigenvalue weighted by atomic mass is 10.0. The highest BCUT2D eigenvalue weighted by atomic mass is 35.5. The quantitative estimate of drug-likeness (QED) is 0.833. The SMILES string of the molecule is Cc1ccc(CC2CCCN2CC(=O)NCC(=O)O)cc1.Cl. The molecular formula is C16H23ClN2O3. The van der Waals surface area contributed by atoms with Crippen molar-refractivity contribution in [3.63, 3.8) is 0 Å². The average molecular weight is 327 g/mol. The summed E-state index contributed by atoms with van der Waals surface area (Å²) in [7, 11) is 0. The van der Waals surface area contributed by atoms with Crippen LogP contribution in [0.15, 0.2) is 24.3 Å². The fourth-order valence-corrected chi connectivity index (χ4v) is 2.75. The van der Waals surface area contributed by atoms with Gasteiger partial charge in [0.15, 0.2) is 0 Å². The molecule has 1 atom stereocenters. The Bertz CT molecular complexity index is 505. The van der Waals surface area contributed by atoms with Crippen molar-refractivity contribution in [3.8, 4) is 0 Å². The minimum Gasteiger partial charge on any atom is -0.480 e. The largest absolute Gasteiger partial charge is 0.480 e. The van der Waals surface area contributed by atoms with Crippen molar-refractivity contribution in [1.82, 2.24) is 10.2 Å². The Labute approximate surface area is 137 Å². The zero-order chi connectivity index (χ0) is 15.2. The number of hydrogen-bond acceptors (Lipinski definition) is 3. The van der Waals surface area contributed by atoms with E-state index in [0.717, 1.165) is 25.8 Å². The summed E-state index contributed by atoms with van der Waals surface area (Å²) in [6.07, 6.45) is 3.11. The van der Waals surface area contributed by atoms with Crippen molar-refractivity contribution in [2.45, 2.75) is 32.2 Å². The van der Waals surface area contributed by atoms with E-state index in [0.29, 0.717) is 6.04 Å². The maximum absolute atomic E-state index is 11.7. The highest BCUT2D eigenvalue weighted by Gasteiger charge is 2.26. The van der Waals surface area contributed by atoms with Gasteiger partial charge in [0.05, 0.1) is 6.54 Å². The fraction of sp³-hybridized carbons (Fsp3) is 0.500. The predicted octanol–water partition coefficient (Wildman–Crippen LogP) is 1.62. The molecule has 2 rings (SSSR count). The molecule has 0 bridgehead atoms. The van der Waals surface area contributed by atoms with Crippen molar-refractivity contribution < 1.29 is 14.7 Å². The topological polar surface area (TPSA) is 69.6 Å². The first-order valence-electron chi connectivity index (χ1n) is 7.32. The monoisotopic (exact) mass is 326 g/mol. The zero-order valence-corrected chi connectivity index (χ0v) is 13.6. The maximum atomic E-state index is 11.7. The number of nitrogens with one attached hydrogen (secondary N) is 1. The van der Waals surface area contributed by atoms with Crippen LogP contribution in [0.5, 0.6) is 0 Å². The Hall–Kier alpha value is -1.59. The number of hydrogen-bond donors (Lipinski definition) is 2. The van der Waals surface area contributed by atoms with Crippen molar-refractivity contribution in [2.24, 2.45) is 0 Å². The normalized spacial score (nSPS) is 17.8. The van der Waals surface area contributed by atoms with E-state index in [1.54, 1.807) is 0 Å². The number of nitrogens with zero attached hydrogens (tertiary/aromatic N) is 1. The Balaban J connectivity index is 0.00000242. The maximum Gasteiger partial charge on any atom is 0.322 e. The number of aryl methyl sites for hydroxylation is 1. The third-order valence-electron chi connectivity index (χ3n) is 3.87. The molecule has 1 aromatic carbocycles. The number of carboxylic acids is 1. The van der Waals surface area contributed by atoms with E-state index >= 15 is 0 Å². The predicted molar refractivity (Wildman–Crippen MR) is 87.4 cm³/mol. The van der Waals surface area contributed by atoms with Gasteiger partial charge in [0.1, 0.15) is 6.54 Å². The summed E-state index contributed by atoms with van der Waals surface area (Å²) in [5.41, 5.74) is 2.53. The smallest absolute Gasteiger partial charge is 0.322 e. The molecule has 122 valence electrons. The van der Waals surface area contributed by atoms with Crippen LogP contribution in [0.3, 0.4) is 0 Å². The molecule has 6 heteroatoms. The number of rotatable bonds is 6. The molecule has 1 aliphatic heterocycles. The van der Waals surface area contributed by atoms with E-state index in [1.165, 1.54) is 11.1 Å². The van der Waals surface area contributed by atoms with Crippen LogP contribution >= 0.6 is 12.4 Å². The van der Waals surface area contributed by atoms with Gasteiger partial charge in [-0.1, -0.05) is 29.8 Å². The van der Waals surface area contributed by atoms with E-state index in [4.69, 9.17) is 5.11 Å². The van der Waals surface area contributed by atoms with Crippen LogP contribution in [0.25, 0.3) is 0 Å². The number of halogens is 1. The van der Waals surface area contributed by atoms with Gasteiger partial charge in [0.2, 0.25) is 5.91 Å². The van der Waals surface area contributed by atoms with E-state index in [9.17, 15) is 9.59 Å². The molecule has 0 saturated carbocycles. The fourth-order valence-electron chi connectivity index (χ4n) is 2.75. The lowest BCUT2D eigenvalue weighted by molar-refractivity contribution is -0.138. The number of amides is 1. The second kappa shape index (κ2) is 8.76. The molecule has 22 heavy (non-hydrogen) atoms. The summed E-state index contributed by atoms with van der Waals surface area (Å²) in [4.78, 5) is 24.3. The number of carboxylic acid groups (broad SMARTS) is 1. The molecule has 2 N–H and O–H groups in total. The van der Waals surface area contributed by atoms with Gasteiger partial charge < -0.3 is 10.4 Å². The molecule has 1 saturated heterocycles. The second-order valence-corrected chi connectivity index (χ2v) is 5.63. The average Bonchev–Trinajstić information content (AvgIpc) is 2.86. The van der Waals surface area contributed by atoms with Gasteiger partial charge in [-0.25, -0.2) is 0 Å². The molecule has 1 amide bonds. The number of likely N-dealkylation sites (tertiary alicyclic amines) is 1. The van der Waals surface area contributed by atoms with E-state index < -0.39 is 5.97 Å². The summed E-state index contributed by atoms with van der Waals surface area (Å²) in [5.74, 6) is -1.23. The van der Waals surface area contributed by atoms with E-state index in [2.05, 4.69) is 41.4 Å². The molecule has 1 aromatic rings. The van der Waals surface area contributed by atoms with Crippen LogP contribution < -0.4 is 5.32 Å². The Morgan fingerprint density at radius 3 is 2.64 bits per heavy atom. The van der Waals surface area contributed by atoms with Gasteiger partial charge in [-0.15, -0.1) is 12.4 Å². The Morgan fingerprint density at radius 1 is 1.32 bits per heavy atom. The zero-order valence-electron chi connectivity index (χ0n) is 12.7. The summed E-state index contributed by atoms with van der Waals surface area (Å²) in [6.45, 7) is 2.94. The van der Waals surface area contributed by atoms with Gasteiger partial charge in [0, 0.05) is 6.04 Å². The molecule has 1 heterocycles. The molecule has 0 spiro atoms. The highest BCUT2D eigenvalue weighted by Crippen LogP contribution is 2.21.